The van der Waals surface area contributed by atoms with Crippen LogP contribution in [0.4, 0.5) is 5.13 Å². The molecule has 0 bridgehead atoms. The van der Waals surface area contributed by atoms with Crippen molar-refractivity contribution in [1.29, 1.82) is 0 Å². The van der Waals surface area contributed by atoms with Gasteiger partial charge in [-0.2, -0.15) is 4.37 Å². The van der Waals surface area contributed by atoms with E-state index in [-0.39, 0.29) is 5.91 Å². The third-order valence-corrected chi connectivity index (χ3v) is 4.86. The molecule has 1 aromatic heterocycles. The number of carbonyl (C=O) groups excluding carboxylic acids is 1. The molecular weight excluding hydrogens is 338 g/mol. The molecule has 25 heavy (non-hydrogen) atoms. The van der Waals surface area contributed by atoms with Crippen LogP contribution in [-0.2, 0) is 11.2 Å². The Morgan fingerprint density at radius 1 is 1.20 bits per heavy atom. The summed E-state index contributed by atoms with van der Waals surface area (Å²) in [4.78, 5) is 25.1. The largest absolute Gasteiger partial charge is 0.356 e. The van der Waals surface area contributed by atoms with Crippen molar-refractivity contribution in [2.24, 2.45) is 4.99 Å². The van der Waals surface area contributed by atoms with E-state index in [1.165, 1.54) is 11.5 Å². The van der Waals surface area contributed by atoms with Gasteiger partial charge in [0.1, 0.15) is 5.82 Å². The maximum absolute atomic E-state index is 11.7. The van der Waals surface area contributed by atoms with Crippen molar-refractivity contribution in [2.45, 2.75) is 33.1 Å². The van der Waals surface area contributed by atoms with Gasteiger partial charge in [-0.15, -0.1) is 0 Å². The van der Waals surface area contributed by atoms with Gasteiger partial charge in [-0.3, -0.25) is 9.79 Å². The third kappa shape index (κ3) is 5.84. The highest BCUT2D eigenvalue weighted by atomic mass is 32.1. The number of anilines is 1. The second-order valence-corrected chi connectivity index (χ2v) is 6.63. The number of nitrogens with zero attached hydrogens (tertiary/aromatic N) is 5. The van der Waals surface area contributed by atoms with Crippen molar-refractivity contribution < 1.29 is 4.79 Å². The van der Waals surface area contributed by atoms with E-state index in [0.29, 0.717) is 13.0 Å². The fraction of sp³-hybridized carbons (Fsp3) is 0.750. The van der Waals surface area contributed by atoms with Gasteiger partial charge in [0, 0.05) is 70.7 Å². The molecule has 1 amide bonds. The molecule has 2 heterocycles. The van der Waals surface area contributed by atoms with Crippen molar-refractivity contribution in [3.05, 3.63) is 5.82 Å². The van der Waals surface area contributed by atoms with E-state index in [2.05, 4.69) is 41.7 Å². The second kappa shape index (κ2) is 10.2. The topological polar surface area (TPSA) is 85.8 Å². The lowest BCUT2D eigenvalue weighted by Crippen LogP contribution is -2.52. The standard InChI is InChI=1S/C16H29N7OS/c1-4-7-18-14(24)6-8-19-15(17-3)22-9-11-23(12-10-22)16-20-13(5-2)21-25-16/h4-12H2,1-3H3,(H,17,19)(H,18,24). The zero-order valence-corrected chi connectivity index (χ0v) is 16.2. The highest BCUT2D eigenvalue weighted by Gasteiger charge is 2.22. The zero-order valence-electron chi connectivity index (χ0n) is 15.4. The summed E-state index contributed by atoms with van der Waals surface area (Å²) in [5, 5.41) is 7.18. The Hall–Kier alpha value is -1.90. The Balaban J connectivity index is 1.75. The van der Waals surface area contributed by atoms with Gasteiger partial charge in [-0.25, -0.2) is 4.98 Å². The molecule has 0 aromatic carbocycles. The van der Waals surface area contributed by atoms with Crippen LogP contribution in [0.2, 0.25) is 0 Å². The summed E-state index contributed by atoms with van der Waals surface area (Å²) < 4.78 is 4.36. The van der Waals surface area contributed by atoms with E-state index in [9.17, 15) is 4.79 Å². The van der Waals surface area contributed by atoms with Crippen molar-refractivity contribution in [2.75, 3.05) is 51.2 Å². The average molecular weight is 368 g/mol. The lowest BCUT2D eigenvalue weighted by molar-refractivity contribution is -0.120. The lowest BCUT2D eigenvalue weighted by atomic mass is 10.3. The van der Waals surface area contributed by atoms with Gasteiger partial charge in [-0.05, 0) is 6.42 Å². The number of nitrogens with one attached hydrogen (secondary N) is 2. The van der Waals surface area contributed by atoms with Gasteiger partial charge in [-0.1, -0.05) is 13.8 Å². The number of aliphatic imine (C=N–C) groups is 1. The number of aromatic nitrogens is 2. The first kappa shape index (κ1) is 19.4. The van der Waals surface area contributed by atoms with Crippen molar-refractivity contribution in [1.82, 2.24) is 24.9 Å². The Bertz CT molecular complexity index is 567. The second-order valence-electron chi connectivity index (χ2n) is 5.89. The summed E-state index contributed by atoms with van der Waals surface area (Å²) in [5.74, 6) is 1.85. The van der Waals surface area contributed by atoms with Crippen LogP contribution in [0.15, 0.2) is 4.99 Å². The van der Waals surface area contributed by atoms with Crippen molar-refractivity contribution in [3.8, 4) is 0 Å². The van der Waals surface area contributed by atoms with Crippen LogP contribution in [0.5, 0.6) is 0 Å². The summed E-state index contributed by atoms with van der Waals surface area (Å²) >= 11 is 1.48. The number of hydrogen-bond acceptors (Lipinski definition) is 6. The Morgan fingerprint density at radius 2 is 1.96 bits per heavy atom. The summed E-state index contributed by atoms with van der Waals surface area (Å²) in [6.45, 7) is 9.00. The number of aryl methyl sites for hydroxylation is 1. The molecule has 0 atom stereocenters. The van der Waals surface area contributed by atoms with Crippen molar-refractivity contribution in [3.63, 3.8) is 0 Å². The van der Waals surface area contributed by atoms with E-state index in [1.54, 1.807) is 7.05 Å². The molecule has 140 valence electrons. The van der Waals surface area contributed by atoms with Crippen LogP contribution in [0.1, 0.15) is 32.5 Å². The van der Waals surface area contributed by atoms with Gasteiger partial charge >= 0.3 is 0 Å². The molecule has 0 unspecified atom stereocenters. The van der Waals surface area contributed by atoms with Crippen LogP contribution >= 0.6 is 11.5 Å². The monoisotopic (exact) mass is 367 g/mol. The number of rotatable bonds is 7. The van der Waals surface area contributed by atoms with Crippen LogP contribution < -0.4 is 15.5 Å². The van der Waals surface area contributed by atoms with E-state index in [1.807, 2.05) is 6.92 Å². The van der Waals surface area contributed by atoms with Gasteiger partial charge in [0.15, 0.2) is 5.96 Å². The van der Waals surface area contributed by atoms with Gasteiger partial charge in [0.05, 0.1) is 0 Å². The van der Waals surface area contributed by atoms with Crippen LogP contribution in [-0.4, -0.2) is 72.4 Å². The van der Waals surface area contributed by atoms with Gasteiger partial charge < -0.3 is 20.4 Å². The number of hydrogen-bond donors (Lipinski definition) is 2. The molecule has 1 aromatic rings. The fourth-order valence-electron chi connectivity index (χ4n) is 2.60. The molecule has 1 aliphatic heterocycles. The predicted molar refractivity (Wildman–Crippen MR) is 102 cm³/mol. The summed E-state index contributed by atoms with van der Waals surface area (Å²) in [7, 11) is 1.78. The quantitative estimate of drug-likeness (QED) is 0.545. The Kier molecular flexibility index (Phi) is 7.90. The van der Waals surface area contributed by atoms with Crippen LogP contribution in [0.25, 0.3) is 0 Å². The molecule has 0 radical (unpaired) electrons. The van der Waals surface area contributed by atoms with E-state index < -0.39 is 0 Å². The SMILES string of the molecule is CCCNC(=O)CCNC(=NC)N1CCN(c2nc(CC)ns2)CC1. The summed E-state index contributed by atoms with van der Waals surface area (Å²) in [5.41, 5.74) is 0. The van der Waals surface area contributed by atoms with Crippen molar-refractivity contribution >= 4 is 28.5 Å². The zero-order chi connectivity index (χ0) is 18.1. The summed E-state index contributed by atoms with van der Waals surface area (Å²) in [6.07, 6.45) is 2.29. The summed E-state index contributed by atoms with van der Waals surface area (Å²) in [6, 6.07) is 0. The Morgan fingerprint density at radius 3 is 2.56 bits per heavy atom. The first-order valence-corrected chi connectivity index (χ1v) is 9.75. The average Bonchev–Trinajstić information content (AvgIpc) is 3.13. The maximum atomic E-state index is 11.7. The molecule has 0 aliphatic carbocycles. The predicted octanol–water partition coefficient (Wildman–Crippen LogP) is 0.714. The molecule has 0 spiro atoms. The van der Waals surface area contributed by atoms with E-state index in [0.717, 1.165) is 62.5 Å². The lowest BCUT2D eigenvalue weighted by Gasteiger charge is -2.36. The molecule has 2 rings (SSSR count). The number of piperazine rings is 1. The third-order valence-electron chi connectivity index (χ3n) is 4.04. The van der Waals surface area contributed by atoms with Gasteiger partial charge in [0.2, 0.25) is 11.0 Å². The van der Waals surface area contributed by atoms with E-state index >= 15 is 0 Å². The minimum atomic E-state index is 0.0811. The fourth-order valence-corrected chi connectivity index (χ4v) is 3.40. The van der Waals surface area contributed by atoms with E-state index in [4.69, 9.17) is 0 Å². The Labute approximate surface area is 153 Å². The molecule has 1 saturated heterocycles. The minimum absolute atomic E-state index is 0.0811. The highest BCUT2D eigenvalue weighted by molar-refractivity contribution is 7.09. The minimum Gasteiger partial charge on any atom is -0.356 e. The molecule has 9 heteroatoms. The molecule has 2 N–H and O–H groups in total. The molecule has 8 nitrogen and oxygen atoms in total. The first-order chi connectivity index (χ1) is 12.2. The smallest absolute Gasteiger partial charge is 0.221 e. The number of amides is 1. The highest BCUT2D eigenvalue weighted by Crippen LogP contribution is 2.19. The maximum Gasteiger partial charge on any atom is 0.221 e. The van der Waals surface area contributed by atoms with Gasteiger partial charge in [0.25, 0.3) is 0 Å². The normalized spacial score (nSPS) is 15.4. The molecular formula is C16H29N7OS. The van der Waals surface area contributed by atoms with Crippen LogP contribution in [0.3, 0.4) is 0 Å². The number of carbonyl (C=O) groups is 1. The first-order valence-electron chi connectivity index (χ1n) is 8.97. The number of guanidine groups is 1. The van der Waals surface area contributed by atoms with Crippen LogP contribution in [0, 0.1) is 0 Å². The molecule has 1 aliphatic rings. The molecule has 1 fully saturated rings. The molecule has 0 saturated carbocycles.